The Morgan fingerprint density at radius 3 is 2.38 bits per heavy atom. The highest BCUT2D eigenvalue weighted by Gasteiger charge is 2.26. The summed E-state index contributed by atoms with van der Waals surface area (Å²) in [5.41, 5.74) is 3.26. The van der Waals surface area contributed by atoms with Gasteiger partial charge in [0.25, 0.3) is 0 Å². The summed E-state index contributed by atoms with van der Waals surface area (Å²) in [6, 6.07) is 6.17. The van der Waals surface area contributed by atoms with E-state index in [9.17, 15) is 4.79 Å². The van der Waals surface area contributed by atoms with Gasteiger partial charge in [-0.15, -0.1) is 0 Å². The first-order valence-corrected chi connectivity index (χ1v) is 8.24. The number of piperidine rings is 1. The van der Waals surface area contributed by atoms with Crippen LogP contribution in [0.5, 0.6) is 0 Å². The molecule has 116 valence electrons. The van der Waals surface area contributed by atoms with Crippen LogP contribution in [0.1, 0.15) is 50.2 Å². The maximum Gasteiger partial charge on any atom is 0.241 e. The lowest BCUT2D eigenvalue weighted by molar-refractivity contribution is -0.122. The molecule has 3 nitrogen and oxygen atoms in total. The van der Waals surface area contributed by atoms with Crippen molar-refractivity contribution in [2.24, 2.45) is 0 Å². The van der Waals surface area contributed by atoms with E-state index in [0.717, 1.165) is 42.7 Å². The van der Waals surface area contributed by atoms with Crippen molar-refractivity contribution in [2.45, 2.75) is 58.9 Å². The number of nitrogens with one attached hydrogen (secondary N) is 1. The summed E-state index contributed by atoms with van der Waals surface area (Å²) in [5, 5.41) is 3.18. The van der Waals surface area contributed by atoms with Crippen LogP contribution in [0.15, 0.2) is 18.2 Å². The van der Waals surface area contributed by atoms with Gasteiger partial charge in [-0.05, 0) is 57.3 Å². The number of nitrogens with zero attached hydrogens (tertiary/aromatic N) is 1. The van der Waals surface area contributed by atoms with Gasteiger partial charge >= 0.3 is 0 Å². The Hall–Kier alpha value is -1.35. The van der Waals surface area contributed by atoms with Crippen LogP contribution in [0, 0.1) is 13.8 Å². The van der Waals surface area contributed by atoms with Crippen LogP contribution < -0.4 is 5.32 Å². The van der Waals surface area contributed by atoms with Crippen LogP contribution in [0.25, 0.3) is 0 Å². The molecule has 0 bridgehead atoms. The standard InChI is InChI=1S/C18H28N2O/c1-4-9-16(20-12-6-5-7-13-20)18(21)19-17-14(2)10-8-11-15(17)3/h8,10-11,16H,4-7,9,12-13H2,1-3H3,(H,19,21). The largest absolute Gasteiger partial charge is 0.324 e. The lowest BCUT2D eigenvalue weighted by Crippen LogP contribution is -2.46. The predicted molar refractivity (Wildman–Crippen MR) is 88.7 cm³/mol. The molecule has 21 heavy (non-hydrogen) atoms. The zero-order valence-electron chi connectivity index (χ0n) is 13.6. The molecule has 1 aliphatic rings. The molecular weight excluding hydrogens is 260 g/mol. The number of amides is 1. The lowest BCUT2D eigenvalue weighted by Gasteiger charge is -2.33. The third kappa shape index (κ3) is 4.07. The van der Waals surface area contributed by atoms with E-state index in [-0.39, 0.29) is 11.9 Å². The van der Waals surface area contributed by atoms with Crippen molar-refractivity contribution >= 4 is 11.6 Å². The Balaban J connectivity index is 2.11. The molecule has 1 N–H and O–H groups in total. The number of likely N-dealkylation sites (tertiary alicyclic amines) is 1. The molecule has 1 atom stereocenters. The Morgan fingerprint density at radius 1 is 1.19 bits per heavy atom. The van der Waals surface area contributed by atoms with Gasteiger partial charge in [0, 0.05) is 5.69 Å². The number of anilines is 1. The van der Waals surface area contributed by atoms with Crippen molar-refractivity contribution in [1.82, 2.24) is 4.90 Å². The summed E-state index contributed by atoms with van der Waals surface area (Å²) in [6.07, 6.45) is 5.72. The van der Waals surface area contributed by atoms with Crippen molar-refractivity contribution in [3.05, 3.63) is 29.3 Å². The number of benzene rings is 1. The van der Waals surface area contributed by atoms with E-state index in [1.807, 2.05) is 6.07 Å². The second-order valence-corrected chi connectivity index (χ2v) is 6.16. The Labute approximate surface area is 128 Å². The maximum atomic E-state index is 12.8. The van der Waals surface area contributed by atoms with E-state index in [0.29, 0.717) is 0 Å². The molecule has 1 aliphatic heterocycles. The maximum absolute atomic E-state index is 12.8. The SMILES string of the molecule is CCCC(C(=O)Nc1c(C)cccc1C)N1CCCCC1. The number of carbonyl (C=O) groups is 1. The fraction of sp³-hybridized carbons (Fsp3) is 0.611. The topological polar surface area (TPSA) is 32.3 Å². The highest BCUT2D eigenvalue weighted by atomic mass is 16.2. The number of rotatable bonds is 5. The molecule has 1 unspecified atom stereocenters. The number of hydrogen-bond donors (Lipinski definition) is 1. The van der Waals surface area contributed by atoms with Crippen LogP contribution in [-0.2, 0) is 4.79 Å². The second kappa shape index (κ2) is 7.60. The van der Waals surface area contributed by atoms with E-state index in [4.69, 9.17) is 0 Å². The molecule has 1 saturated heterocycles. The highest BCUT2D eigenvalue weighted by Crippen LogP contribution is 2.22. The Morgan fingerprint density at radius 2 is 1.81 bits per heavy atom. The normalized spacial score (nSPS) is 17.5. The zero-order valence-corrected chi connectivity index (χ0v) is 13.6. The third-order valence-electron chi connectivity index (χ3n) is 4.43. The van der Waals surface area contributed by atoms with Crippen molar-refractivity contribution in [1.29, 1.82) is 0 Å². The van der Waals surface area contributed by atoms with Gasteiger partial charge in [0.15, 0.2) is 0 Å². The fourth-order valence-electron chi connectivity index (χ4n) is 3.20. The summed E-state index contributed by atoms with van der Waals surface area (Å²) in [5.74, 6) is 0.163. The van der Waals surface area contributed by atoms with Crippen LogP contribution in [0.4, 0.5) is 5.69 Å². The first kappa shape index (κ1) is 16.0. The molecule has 3 heteroatoms. The van der Waals surface area contributed by atoms with E-state index in [2.05, 4.69) is 43.1 Å². The van der Waals surface area contributed by atoms with Gasteiger partial charge in [-0.1, -0.05) is 38.0 Å². The van der Waals surface area contributed by atoms with Gasteiger partial charge in [0.1, 0.15) is 0 Å². The Bertz CT molecular complexity index is 458. The molecule has 1 amide bonds. The molecule has 1 aromatic carbocycles. The first-order valence-electron chi connectivity index (χ1n) is 8.24. The second-order valence-electron chi connectivity index (χ2n) is 6.16. The molecule has 1 fully saturated rings. The van der Waals surface area contributed by atoms with E-state index in [1.54, 1.807) is 0 Å². The van der Waals surface area contributed by atoms with Gasteiger partial charge in [0.05, 0.1) is 6.04 Å². The molecule has 1 aromatic rings. The molecule has 0 spiro atoms. The summed E-state index contributed by atoms with van der Waals surface area (Å²) in [4.78, 5) is 15.1. The van der Waals surface area contributed by atoms with Gasteiger partial charge in [-0.25, -0.2) is 0 Å². The van der Waals surface area contributed by atoms with Gasteiger partial charge < -0.3 is 5.32 Å². The van der Waals surface area contributed by atoms with Crippen molar-refractivity contribution in [3.8, 4) is 0 Å². The minimum atomic E-state index is 0.0225. The highest BCUT2D eigenvalue weighted by molar-refractivity contribution is 5.96. The van der Waals surface area contributed by atoms with E-state index < -0.39 is 0 Å². The van der Waals surface area contributed by atoms with Gasteiger partial charge in [-0.2, -0.15) is 0 Å². The minimum absolute atomic E-state index is 0.0225. The van der Waals surface area contributed by atoms with Crippen LogP contribution in [0.3, 0.4) is 0 Å². The summed E-state index contributed by atoms with van der Waals surface area (Å²) in [7, 11) is 0. The summed E-state index contributed by atoms with van der Waals surface area (Å²) >= 11 is 0. The van der Waals surface area contributed by atoms with Gasteiger partial charge in [-0.3, -0.25) is 9.69 Å². The third-order valence-corrected chi connectivity index (χ3v) is 4.43. The van der Waals surface area contributed by atoms with Crippen molar-refractivity contribution in [3.63, 3.8) is 0 Å². The molecule has 0 saturated carbocycles. The minimum Gasteiger partial charge on any atom is -0.324 e. The number of aryl methyl sites for hydroxylation is 2. The predicted octanol–water partition coefficient (Wildman–Crippen LogP) is 3.90. The number of hydrogen-bond acceptors (Lipinski definition) is 2. The van der Waals surface area contributed by atoms with Gasteiger partial charge in [0.2, 0.25) is 5.91 Å². The van der Waals surface area contributed by atoms with E-state index in [1.165, 1.54) is 19.3 Å². The molecule has 0 aromatic heterocycles. The fourth-order valence-corrected chi connectivity index (χ4v) is 3.20. The van der Waals surface area contributed by atoms with Crippen LogP contribution in [-0.4, -0.2) is 29.9 Å². The monoisotopic (exact) mass is 288 g/mol. The summed E-state index contributed by atoms with van der Waals surface area (Å²) in [6.45, 7) is 8.38. The molecule has 2 rings (SSSR count). The smallest absolute Gasteiger partial charge is 0.241 e. The van der Waals surface area contributed by atoms with E-state index >= 15 is 0 Å². The molecular formula is C18H28N2O. The lowest BCUT2D eigenvalue weighted by atomic mass is 10.0. The molecule has 0 aliphatic carbocycles. The zero-order chi connectivity index (χ0) is 15.2. The number of para-hydroxylation sites is 1. The van der Waals surface area contributed by atoms with Crippen molar-refractivity contribution < 1.29 is 4.79 Å². The molecule has 0 radical (unpaired) electrons. The Kier molecular flexibility index (Phi) is 5.80. The van der Waals surface area contributed by atoms with Crippen molar-refractivity contribution in [2.75, 3.05) is 18.4 Å². The summed E-state index contributed by atoms with van der Waals surface area (Å²) < 4.78 is 0. The average molecular weight is 288 g/mol. The molecule has 1 heterocycles. The average Bonchev–Trinajstić information content (AvgIpc) is 2.49. The first-order chi connectivity index (χ1) is 10.1. The van der Waals surface area contributed by atoms with Crippen LogP contribution in [0.2, 0.25) is 0 Å². The number of carbonyl (C=O) groups excluding carboxylic acids is 1. The van der Waals surface area contributed by atoms with Crippen LogP contribution >= 0.6 is 0 Å². The quantitative estimate of drug-likeness (QED) is 0.891.